The predicted molar refractivity (Wildman–Crippen MR) is 81.3 cm³/mol. The van der Waals surface area contributed by atoms with Gasteiger partial charge in [-0.3, -0.25) is 0 Å². The standard InChI is InChI=1S/C15H26N4O3/c1-15(2,3)13-17-12(18-22-13)10-16-14(21)19-8-5-4-6-11(19)7-9-20/h11,20H,4-10H2,1-3H3,(H,16,21). The van der Waals surface area contributed by atoms with Gasteiger partial charge in [0, 0.05) is 24.6 Å². The minimum atomic E-state index is -0.200. The van der Waals surface area contributed by atoms with Gasteiger partial charge in [-0.1, -0.05) is 25.9 Å². The van der Waals surface area contributed by atoms with Crippen LogP contribution in [-0.2, 0) is 12.0 Å². The first-order valence-electron chi connectivity index (χ1n) is 7.90. The fraction of sp³-hybridized carbons (Fsp3) is 0.800. The van der Waals surface area contributed by atoms with Gasteiger partial charge in [-0.25, -0.2) is 4.79 Å². The van der Waals surface area contributed by atoms with Crippen LogP contribution in [0.1, 0.15) is 58.2 Å². The molecule has 1 aromatic rings. The molecule has 1 saturated heterocycles. The minimum absolute atomic E-state index is 0.105. The number of amides is 2. The molecule has 0 aromatic carbocycles. The van der Waals surface area contributed by atoms with Crippen molar-refractivity contribution in [1.29, 1.82) is 0 Å². The second-order valence-corrected chi connectivity index (χ2v) is 6.78. The van der Waals surface area contributed by atoms with Gasteiger partial charge in [0.25, 0.3) is 0 Å². The Morgan fingerprint density at radius 1 is 1.45 bits per heavy atom. The topological polar surface area (TPSA) is 91.5 Å². The van der Waals surface area contributed by atoms with Crippen LogP contribution in [0.5, 0.6) is 0 Å². The smallest absolute Gasteiger partial charge is 0.318 e. The summed E-state index contributed by atoms with van der Waals surface area (Å²) >= 11 is 0. The largest absolute Gasteiger partial charge is 0.396 e. The highest BCUT2D eigenvalue weighted by Crippen LogP contribution is 2.20. The lowest BCUT2D eigenvalue weighted by atomic mass is 9.97. The molecule has 0 saturated carbocycles. The van der Waals surface area contributed by atoms with Crippen LogP contribution in [0.3, 0.4) is 0 Å². The Hall–Kier alpha value is -1.63. The molecule has 1 aliphatic rings. The maximum Gasteiger partial charge on any atom is 0.318 e. The van der Waals surface area contributed by atoms with Gasteiger partial charge in [-0.05, 0) is 25.7 Å². The average Bonchev–Trinajstić information content (AvgIpc) is 2.95. The van der Waals surface area contributed by atoms with E-state index >= 15 is 0 Å². The van der Waals surface area contributed by atoms with Crippen molar-refractivity contribution in [2.75, 3.05) is 13.2 Å². The maximum atomic E-state index is 12.3. The molecule has 7 nitrogen and oxygen atoms in total. The Balaban J connectivity index is 1.90. The number of hydrogen-bond donors (Lipinski definition) is 2. The van der Waals surface area contributed by atoms with E-state index in [2.05, 4.69) is 15.5 Å². The molecule has 2 rings (SSSR count). The van der Waals surface area contributed by atoms with E-state index in [1.54, 1.807) is 0 Å². The molecular weight excluding hydrogens is 284 g/mol. The lowest BCUT2D eigenvalue weighted by molar-refractivity contribution is 0.131. The molecule has 0 bridgehead atoms. The molecule has 124 valence electrons. The van der Waals surface area contributed by atoms with Crippen LogP contribution in [-0.4, -0.2) is 45.4 Å². The first-order chi connectivity index (χ1) is 10.4. The number of likely N-dealkylation sites (tertiary alicyclic amines) is 1. The second-order valence-electron chi connectivity index (χ2n) is 6.78. The zero-order valence-corrected chi connectivity index (χ0v) is 13.6. The quantitative estimate of drug-likeness (QED) is 0.885. The summed E-state index contributed by atoms with van der Waals surface area (Å²) in [6.45, 7) is 7.08. The van der Waals surface area contributed by atoms with Crippen molar-refractivity contribution in [3.8, 4) is 0 Å². The number of nitrogens with zero attached hydrogens (tertiary/aromatic N) is 3. The normalized spacial score (nSPS) is 19.3. The lowest BCUT2D eigenvalue weighted by Crippen LogP contribution is -2.48. The fourth-order valence-electron chi connectivity index (χ4n) is 2.60. The summed E-state index contributed by atoms with van der Waals surface area (Å²) < 4.78 is 5.21. The Kier molecular flexibility index (Phi) is 5.39. The van der Waals surface area contributed by atoms with Crippen LogP contribution in [0, 0.1) is 0 Å². The fourth-order valence-corrected chi connectivity index (χ4v) is 2.60. The zero-order chi connectivity index (χ0) is 16.2. The molecule has 2 amide bonds. The van der Waals surface area contributed by atoms with E-state index in [1.807, 2.05) is 25.7 Å². The molecule has 22 heavy (non-hydrogen) atoms. The number of aromatic nitrogens is 2. The van der Waals surface area contributed by atoms with Gasteiger partial charge in [-0.2, -0.15) is 4.98 Å². The van der Waals surface area contributed by atoms with Gasteiger partial charge in [0.05, 0.1) is 6.54 Å². The number of aliphatic hydroxyl groups excluding tert-OH is 1. The number of hydrogen-bond acceptors (Lipinski definition) is 5. The average molecular weight is 310 g/mol. The van der Waals surface area contributed by atoms with Gasteiger partial charge < -0.3 is 19.8 Å². The van der Waals surface area contributed by atoms with Gasteiger partial charge in [0.2, 0.25) is 5.89 Å². The first kappa shape index (κ1) is 16.7. The molecule has 2 heterocycles. The maximum absolute atomic E-state index is 12.3. The van der Waals surface area contributed by atoms with Crippen LogP contribution < -0.4 is 5.32 Å². The number of carbonyl (C=O) groups excluding carboxylic acids is 1. The van der Waals surface area contributed by atoms with E-state index in [9.17, 15) is 4.79 Å². The highest BCUT2D eigenvalue weighted by atomic mass is 16.5. The predicted octanol–water partition coefficient (Wildman–Crippen LogP) is 1.81. The van der Waals surface area contributed by atoms with Crippen molar-refractivity contribution in [2.24, 2.45) is 0 Å². The van der Waals surface area contributed by atoms with E-state index < -0.39 is 0 Å². The Bertz CT molecular complexity index is 493. The Labute approximate surface area is 131 Å². The third-order valence-corrected chi connectivity index (χ3v) is 3.86. The molecule has 0 aliphatic carbocycles. The number of rotatable bonds is 4. The van der Waals surface area contributed by atoms with Crippen molar-refractivity contribution < 1.29 is 14.4 Å². The summed E-state index contributed by atoms with van der Waals surface area (Å²) in [6, 6.07) is -0.00517. The van der Waals surface area contributed by atoms with Crippen molar-refractivity contribution in [3.63, 3.8) is 0 Å². The van der Waals surface area contributed by atoms with Crippen molar-refractivity contribution in [1.82, 2.24) is 20.4 Å². The second kappa shape index (κ2) is 7.09. The van der Waals surface area contributed by atoms with E-state index in [4.69, 9.17) is 9.63 Å². The molecule has 1 aromatic heterocycles. The van der Waals surface area contributed by atoms with Gasteiger partial charge >= 0.3 is 6.03 Å². The SMILES string of the molecule is CC(C)(C)c1nc(CNC(=O)N2CCCCC2CCO)no1. The summed E-state index contributed by atoms with van der Waals surface area (Å²) in [7, 11) is 0. The monoisotopic (exact) mass is 310 g/mol. The first-order valence-corrected chi connectivity index (χ1v) is 7.90. The Morgan fingerprint density at radius 3 is 2.86 bits per heavy atom. The molecule has 7 heteroatoms. The van der Waals surface area contributed by atoms with Crippen molar-refractivity contribution >= 4 is 6.03 Å². The third kappa shape index (κ3) is 4.19. The van der Waals surface area contributed by atoms with E-state index in [-0.39, 0.29) is 30.6 Å². The van der Waals surface area contributed by atoms with E-state index in [0.717, 1.165) is 25.8 Å². The number of aliphatic hydroxyl groups is 1. The summed E-state index contributed by atoms with van der Waals surface area (Å²) in [4.78, 5) is 18.4. The molecule has 2 N–H and O–H groups in total. The molecule has 1 fully saturated rings. The van der Waals surface area contributed by atoms with Crippen LogP contribution in [0.15, 0.2) is 4.52 Å². The molecular formula is C15H26N4O3. The zero-order valence-electron chi connectivity index (χ0n) is 13.6. The molecule has 0 radical (unpaired) electrons. The lowest BCUT2D eigenvalue weighted by Gasteiger charge is -2.35. The Morgan fingerprint density at radius 2 is 2.23 bits per heavy atom. The highest BCUT2D eigenvalue weighted by molar-refractivity contribution is 5.74. The summed E-state index contributed by atoms with van der Waals surface area (Å²) in [5, 5.41) is 15.9. The van der Waals surface area contributed by atoms with Crippen LogP contribution >= 0.6 is 0 Å². The van der Waals surface area contributed by atoms with Crippen LogP contribution in [0.25, 0.3) is 0 Å². The highest BCUT2D eigenvalue weighted by Gasteiger charge is 2.26. The molecule has 1 atom stereocenters. The van der Waals surface area contributed by atoms with E-state index in [0.29, 0.717) is 18.1 Å². The van der Waals surface area contributed by atoms with Crippen molar-refractivity contribution in [2.45, 2.75) is 64.5 Å². The molecule has 0 spiro atoms. The third-order valence-electron chi connectivity index (χ3n) is 3.86. The van der Waals surface area contributed by atoms with Crippen molar-refractivity contribution in [3.05, 3.63) is 11.7 Å². The number of carbonyl (C=O) groups is 1. The summed E-state index contributed by atoms with van der Waals surface area (Å²) in [6.07, 6.45) is 3.69. The molecule has 1 unspecified atom stereocenters. The number of urea groups is 1. The summed E-state index contributed by atoms with van der Waals surface area (Å²) in [5.74, 6) is 1.04. The van der Waals surface area contributed by atoms with Crippen LogP contribution in [0.2, 0.25) is 0 Å². The number of piperidine rings is 1. The minimum Gasteiger partial charge on any atom is -0.396 e. The van der Waals surface area contributed by atoms with Gasteiger partial charge in [0.15, 0.2) is 5.82 Å². The van der Waals surface area contributed by atoms with Gasteiger partial charge in [0.1, 0.15) is 0 Å². The van der Waals surface area contributed by atoms with E-state index in [1.165, 1.54) is 0 Å². The van der Waals surface area contributed by atoms with Gasteiger partial charge in [-0.15, -0.1) is 0 Å². The van der Waals surface area contributed by atoms with Crippen LogP contribution in [0.4, 0.5) is 4.79 Å². The number of nitrogens with one attached hydrogen (secondary N) is 1. The summed E-state index contributed by atoms with van der Waals surface area (Å²) in [5.41, 5.74) is -0.200. The molecule has 1 aliphatic heterocycles.